The predicted octanol–water partition coefficient (Wildman–Crippen LogP) is 1.81. The lowest BCUT2D eigenvalue weighted by molar-refractivity contribution is -0.137. The minimum atomic E-state index is -0.708. The van der Waals surface area contributed by atoms with Crippen LogP contribution in [0.3, 0.4) is 0 Å². The van der Waals surface area contributed by atoms with Crippen LogP contribution in [0, 0.1) is 5.92 Å². The van der Waals surface area contributed by atoms with Crippen molar-refractivity contribution in [1.82, 2.24) is 0 Å². The summed E-state index contributed by atoms with van der Waals surface area (Å²) in [7, 11) is 0. The van der Waals surface area contributed by atoms with E-state index in [1.165, 1.54) is 0 Å². The number of thiol groups is 1. The van der Waals surface area contributed by atoms with Gasteiger partial charge >= 0.3 is 5.97 Å². The van der Waals surface area contributed by atoms with Crippen molar-refractivity contribution in [1.29, 1.82) is 0 Å². The maximum atomic E-state index is 10.1. The van der Waals surface area contributed by atoms with E-state index in [0.29, 0.717) is 5.92 Å². The molecule has 1 unspecified atom stereocenters. The molecule has 0 amide bonds. The smallest absolute Gasteiger partial charge is 0.303 e. The molecule has 3 heteroatoms. The normalized spacial score (nSPS) is 13.0. The molecular formula is C7H14O2S. The van der Waals surface area contributed by atoms with Crippen LogP contribution >= 0.6 is 12.6 Å². The summed E-state index contributed by atoms with van der Waals surface area (Å²) in [4.78, 5) is 10.1. The number of aliphatic carboxylic acids is 1. The number of rotatable bonds is 5. The molecular weight excluding hydrogens is 148 g/mol. The molecule has 1 N–H and O–H groups in total. The Morgan fingerprint density at radius 2 is 2.30 bits per heavy atom. The summed E-state index contributed by atoms with van der Waals surface area (Å²) in [6.45, 7) is 2.06. The van der Waals surface area contributed by atoms with Crippen LogP contribution in [0.1, 0.15) is 26.2 Å². The van der Waals surface area contributed by atoms with Crippen LogP contribution < -0.4 is 0 Å². The molecule has 0 heterocycles. The van der Waals surface area contributed by atoms with Gasteiger partial charge in [0.1, 0.15) is 0 Å². The van der Waals surface area contributed by atoms with Gasteiger partial charge in [-0.15, -0.1) is 0 Å². The summed E-state index contributed by atoms with van der Waals surface area (Å²) in [6.07, 6.45) is 2.06. The van der Waals surface area contributed by atoms with Crippen molar-refractivity contribution in [2.75, 3.05) is 5.75 Å². The molecule has 0 aliphatic heterocycles. The zero-order valence-corrected chi connectivity index (χ0v) is 7.10. The first-order valence-corrected chi connectivity index (χ1v) is 4.16. The molecule has 0 radical (unpaired) electrons. The van der Waals surface area contributed by atoms with Crippen molar-refractivity contribution in [3.8, 4) is 0 Å². The highest BCUT2D eigenvalue weighted by atomic mass is 32.1. The van der Waals surface area contributed by atoms with Gasteiger partial charge in [0.15, 0.2) is 0 Å². The average Bonchev–Trinajstić information content (AvgIpc) is 1.90. The zero-order valence-electron chi connectivity index (χ0n) is 6.21. The molecule has 0 aromatic rings. The number of carboxylic acid groups (broad SMARTS) is 1. The highest BCUT2D eigenvalue weighted by Gasteiger charge is 2.05. The fourth-order valence-electron chi connectivity index (χ4n) is 0.752. The van der Waals surface area contributed by atoms with Gasteiger partial charge in [0, 0.05) is 6.42 Å². The third-order valence-corrected chi connectivity index (χ3v) is 2.12. The van der Waals surface area contributed by atoms with Gasteiger partial charge in [-0.05, 0) is 18.1 Å². The van der Waals surface area contributed by atoms with E-state index < -0.39 is 5.97 Å². The van der Waals surface area contributed by atoms with Crippen molar-refractivity contribution in [2.45, 2.75) is 26.2 Å². The quantitative estimate of drug-likeness (QED) is 0.605. The molecule has 60 valence electrons. The third-order valence-electron chi connectivity index (χ3n) is 1.60. The minimum absolute atomic E-state index is 0.277. The van der Waals surface area contributed by atoms with E-state index >= 15 is 0 Å². The highest BCUT2D eigenvalue weighted by Crippen LogP contribution is 2.11. The monoisotopic (exact) mass is 162 g/mol. The fraction of sp³-hybridized carbons (Fsp3) is 0.857. The Labute approximate surface area is 67.0 Å². The molecule has 0 aliphatic carbocycles. The lowest BCUT2D eigenvalue weighted by atomic mass is 10.0. The van der Waals surface area contributed by atoms with Crippen LogP contribution in [0.5, 0.6) is 0 Å². The summed E-state index contributed by atoms with van der Waals surface area (Å²) in [5.41, 5.74) is 0. The molecule has 0 bridgehead atoms. The molecule has 0 aromatic heterocycles. The van der Waals surface area contributed by atoms with Gasteiger partial charge in [-0.2, -0.15) is 12.6 Å². The number of carbonyl (C=O) groups is 1. The number of carboxylic acids is 1. The first kappa shape index (κ1) is 9.82. The lowest BCUT2D eigenvalue weighted by Gasteiger charge is -2.08. The van der Waals surface area contributed by atoms with Crippen LogP contribution in [-0.2, 0) is 4.79 Å². The van der Waals surface area contributed by atoms with E-state index in [4.69, 9.17) is 5.11 Å². The first-order chi connectivity index (χ1) is 4.70. The average molecular weight is 162 g/mol. The van der Waals surface area contributed by atoms with E-state index in [-0.39, 0.29) is 6.42 Å². The first-order valence-electron chi connectivity index (χ1n) is 3.53. The molecule has 0 aliphatic rings. The molecule has 0 fully saturated rings. The third kappa shape index (κ3) is 4.68. The van der Waals surface area contributed by atoms with Gasteiger partial charge < -0.3 is 5.11 Å². The molecule has 10 heavy (non-hydrogen) atoms. The highest BCUT2D eigenvalue weighted by molar-refractivity contribution is 7.80. The van der Waals surface area contributed by atoms with E-state index in [1.54, 1.807) is 0 Å². The van der Waals surface area contributed by atoms with Crippen molar-refractivity contribution < 1.29 is 9.90 Å². The van der Waals surface area contributed by atoms with Gasteiger partial charge in [0.05, 0.1) is 0 Å². The van der Waals surface area contributed by atoms with Gasteiger partial charge in [0.2, 0.25) is 0 Å². The molecule has 0 aromatic carbocycles. The zero-order chi connectivity index (χ0) is 7.98. The second kappa shape index (κ2) is 5.59. The molecule has 0 rings (SSSR count). The Hall–Kier alpha value is -0.180. The maximum absolute atomic E-state index is 10.1. The van der Waals surface area contributed by atoms with Crippen LogP contribution in [0.2, 0.25) is 0 Å². The second-order valence-electron chi connectivity index (χ2n) is 2.39. The van der Waals surface area contributed by atoms with Crippen LogP contribution in [-0.4, -0.2) is 16.8 Å². The van der Waals surface area contributed by atoms with E-state index in [1.807, 2.05) is 0 Å². The molecule has 2 nitrogen and oxygen atoms in total. The summed E-state index contributed by atoms with van der Waals surface area (Å²) in [5, 5.41) is 8.33. The van der Waals surface area contributed by atoms with Gasteiger partial charge in [-0.1, -0.05) is 13.3 Å². The number of hydrogen-bond donors (Lipinski definition) is 2. The standard InChI is InChI=1S/C7H14O2S/c1-2-6(5-10)3-4-7(8)9/h6,10H,2-5H2,1H3,(H,8,9). The Morgan fingerprint density at radius 1 is 1.70 bits per heavy atom. The van der Waals surface area contributed by atoms with Crippen LogP contribution in [0.25, 0.3) is 0 Å². The summed E-state index contributed by atoms with van der Waals surface area (Å²) in [5.74, 6) is 0.559. The van der Waals surface area contributed by atoms with Gasteiger partial charge in [0.25, 0.3) is 0 Å². The maximum Gasteiger partial charge on any atom is 0.303 e. The van der Waals surface area contributed by atoms with Gasteiger partial charge in [-0.25, -0.2) is 0 Å². The lowest BCUT2D eigenvalue weighted by Crippen LogP contribution is -2.04. The molecule has 0 spiro atoms. The fourth-order valence-corrected chi connectivity index (χ4v) is 1.19. The van der Waals surface area contributed by atoms with Crippen LogP contribution in [0.4, 0.5) is 0 Å². The molecule has 0 saturated heterocycles. The Morgan fingerprint density at radius 3 is 2.60 bits per heavy atom. The van der Waals surface area contributed by atoms with E-state index in [2.05, 4.69) is 19.6 Å². The van der Waals surface area contributed by atoms with E-state index in [0.717, 1.165) is 18.6 Å². The Bertz CT molecular complexity index is 99.8. The molecule has 0 saturated carbocycles. The summed E-state index contributed by atoms with van der Waals surface area (Å²) in [6, 6.07) is 0. The van der Waals surface area contributed by atoms with Crippen molar-refractivity contribution in [2.24, 2.45) is 5.92 Å². The SMILES string of the molecule is CCC(CS)CCC(=O)O. The molecule has 1 atom stereocenters. The minimum Gasteiger partial charge on any atom is -0.481 e. The number of hydrogen-bond acceptors (Lipinski definition) is 2. The topological polar surface area (TPSA) is 37.3 Å². The van der Waals surface area contributed by atoms with Crippen LogP contribution in [0.15, 0.2) is 0 Å². The van der Waals surface area contributed by atoms with Crippen molar-refractivity contribution >= 4 is 18.6 Å². The predicted molar refractivity (Wildman–Crippen MR) is 44.5 cm³/mol. The van der Waals surface area contributed by atoms with Gasteiger partial charge in [-0.3, -0.25) is 4.79 Å². The Kier molecular flexibility index (Phi) is 5.49. The second-order valence-corrected chi connectivity index (χ2v) is 2.75. The van der Waals surface area contributed by atoms with E-state index in [9.17, 15) is 4.79 Å². The Balaban J connectivity index is 3.34. The van der Waals surface area contributed by atoms with Crippen molar-refractivity contribution in [3.05, 3.63) is 0 Å². The summed E-state index contributed by atoms with van der Waals surface area (Å²) >= 11 is 4.11. The van der Waals surface area contributed by atoms with Crippen molar-refractivity contribution in [3.63, 3.8) is 0 Å². The summed E-state index contributed by atoms with van der Waals surface area (Å²) < 4.78 is 0. The largest absolute Gasteiger partial charge is 0.481 e.